The Kier molecular flexibility index (Phi) is 2.92. The summed E-state index contributed by atoms with van der Waals surface area (Å²) in [6.45, 7) is 0.750. The third kappa shape index (κ3) is 2.06. The van der Waals surface area contributed by atoms with Crippen LogP contribution in [0, 0.1) is 5.82 Å². The van der Waals surface area contributed by atoms with Crippen LogP contribution in [0.15, 0.2) is 59.2 Å². The molecule has 0 radical (unpaired) electrons. The Morgan fingerprint density at radius 3 is 2.56 bits per heavy atom. The molecule has 0 N–H and O–H groups in total. The molecule has 2 aromatic carbocycles. The van der Waals surface area contributed by atoms with Crippen molar-refractivity contribution >= 4 is 26.8 Å². The molecule has 18 heavy (non-hydrogen) atoms. The van der Waals surface area contributed by atoms with Gasteiger partial charge in [0.2, 0.25) is 0 Å². The number of rotatable bonds is 2. The summed E-state index contributed by atoms with van der Waals surface area (Å²) >= 11 is 3.54. The molecule has 0 aliphatic heterocycles. The molecule has 3 rings (SSSR count). The molecule has 1 heterocycles. The molecule has 0 fully saturated rings. The smallest absolute Gasteiger partial charge is 0.123 e. The molecule has 0 bridgehead atoms. The number of aromatic nitrogens is 1. The van der Waals surface area contributed by atoms with Crippen LogP contribution in [-0.4, -0.2) is 4.57 Å². The molecular formula is C15H11BrFN. The van der Waals surface area contributed by atoms with Crippen molar-refractivity contribution in [3.63, 3.8) is 0 Å². The van der Waals surface area contributed by atoms with Gasteiger partial charge >= 0.3 is 0 Å². The van der Waals surface area contributed by atoms with Gasteiger partial charge in [0.05, 0.1) is 0 Å². The molecule has 0 aliphatic carbocycles. The first-order chi connectivity index (χ1) is 8.74. The molecule has 3 heteroatoms. The van der Waals surface area contributed by atoms with Gasteiger partial charge < -0.3 is 4.57 Å². The highest BCUT2D eigenvalue weighted by Gasteiger charge is 2.04. The third-order valence-corrected chi connectivity index (χ3v) is 3.72. The first-order valence-corrected chi connectivity index (χ1v) is 6.51. The second-order valence-electron chi connectivity index (χ2n) is 4.24. The van der Waals surface area contributed by atoms with Crippen molar-refractivity contribution in [2.45, 2.75) is 6.54 Å². The van der Waals surface area contributed by atoms with Crippen LogP contribution in [0.4, 0.5) is 4.39 Å². The Morgan fingerprint density at radius 2 is 1.78 bits per heavy atom. The van der Waals surface area contributed by atoms with E-state index in [0.29, 0.717) is 0 Å². The quantitative estimate of drug-likeness (QED) is 0.652. The predicted molar refractivity (Wildman–Crippen MR) is 75.1 cm³/mol. The topological polar surface area (TPSA) is 4.93 Å². The minimum atomic E-state index is -0.196. The summed E-state index contributed by atoms with van der Waals surface area (Å²) in [7, 11) is 0. The van der Waals surface area contributed by atoms with Crippen LogP contribution < -0.4 is 0 Å². The van der Waals surface area contributed by atoms with Gasteiger partial charge in [0.15, 0.2) is 0 Å². The van der Waals surface area contributed by atoms with Crippen molar-refractivity contribution in [3.8, 4) is 0 Å². The Bertz CT molecular complexity index is 685. The lowest BCUT2D eigenvalue weighted by atomic mass is 10.2. The van der Waals surface area contributed by atoms with E-state index in [1.165, 1.54) is 23.0 Å². The first-order valence-electron chi connectivity index (χ1n) is 5.72. The molecule has 1 aromatic heterocycles. The minimum Gasteiger partial charge on any atom is -0.343 e. The molecule has 0 aliphatic rings. The molecular weight excluding hydrogens is 293 g/mol. The molecule has 0 atom stereocenters. The van der Waals surface area contributed by atoms with Crippen molar-refractivity contribution in [1.29, 1.82) is 0 Å². The molecule has 1 nitrogen and oxygen atoms in total. The summed E-state index contributed by atoms with van der Waals surface area (Å²) in [6.07, 6.45) is 2.05. The Labute approximate surface area is 113 Å². The second-order valence-corrected chi connectivity index (χ2v) is 5.10. The average molecular weight is 304 g/mol. The Balaban J connectivity index is 2.00. The summed E-state index contributed by atoms with van der Waals surface area (Å²) in [4.78, 5) is 0. The van der Waals surface area contributed by atoms with Crippen LogP contribution in [0.3, 0.4) is 0 Å². The zero-order valence-corrected chi connectivity index (χ0v) is 11.2. The number of fused-ring (bicyclic) bond motifs is 1. The highest BCUT2D eigenvalue weighted by Crippen LogP contribution is 2.25. The fourth-order valence-corrected chi connectivity index (χ4v) is 2.60. The van der Waals surface area contributed by atoms with Crippen molar-refractivity contribution in [3.05, 3.63) is 70.6 Å². The predicted octanol–water partition coefficient (Wildman–Crippen LogP) is 4.59. The molecule has 0 unspecified atom stereocenters. The maximum atomic E-state index is 12.9. The van der Waals surface area contributed by atoms with Gasteiger partial charge in [-0.05, 0) is 35.9 Å². The minimum absolute atomic E-state index is 0.196. The van der Waals surface area contributed by atoms with Gasteiger partial charge in [0.1, 0.15) is 5.82 Å². The van der Waals surface area contributed by atoms with E-state index in [1.807, 2.05) is 24.3 Å². The van der Waals surface area contributed by atoms with E-state index in [4.69, 9.17) is 0 Å². The van der Waals surface area contributed by atoms with E-state index in [-0.39, 0.29) is 5.82 Å². The zero-order valence-electron chi connectivity index (χ0n) is 9.61. The Hall–Kier alpha value is -1.61. The molecule has 90 valence electrons. The lowest BCUT2D eigenvalue weighted by molar-refractivity contribution is 0.626. The zero-order chi connectivity index (χ0) is 12.5. The molecule has 3 aromatic rings. The molecule has 0 amide bonds. The highest BCUT2D eigenvalue weighted by atomic mass is 79.9. The maximum Gasteiger partial charge on any atom is 0.123 e. The van der Waals surface area contributed by atoms with E-state index >= 15 is 0 Å². The number of hydrogen-bond acceptors (Lipinski definition) is 0. The summed E-state index contributed by atoms with van der Waals surface area (Å²) < 4.78 is 16.1. The van der Waals surface area contributed by atoms with E-state index in [0.717, 1.165) is 16.6 Å². The van der Waals surface area contributed by atoms with Crippen LogP contribution in [0.2, 0.25) is 0 Å². The lowest BCUT2D eigenvalue weighted by Crippen LogP contribution is -1.97. The number of nitrogens with zero attached hydrogens (tertiary/aromatic N) is 1. The fourth-order valence-electron chi connectivity index (χ4n) is 2.11. The summed E-state index contributed by atoms with van der Waals surface area (Å²) in [5.74, 6) is -0.196. The van der Waals surface area contributed by atoms with Crippen LogP contribution in [0.25, 0.3) is 10.9 Å². The van der Waals surface area contributed by atoms with E-state index in [2.05, 4.69) is 38.8 Å². The van der Waals surface area contributed by atoms with Gasteiger partial charge in [-0.1, -0.05) is 34.1 Å². The molecule has 0 spiro atoms. The van der Waals surface area contributed by atoms with Crippen LogP contribution >= 0.6 is 15.9 Å². The van der Waals surface area contributed by atoms with Gasteiger partial charge in [-0.2, -0.15) is 0 Å². The first kappa shape index (κ1) is 11.5. The van der Waals surface area contributed by atoms with Gasteiger partial charge in [-0.25, -0.2) is 4.39 Å². The van der Waals surface area contributed by atoms with Crippen molar-refractivity contribution in [1.82, 2.24) is 4.57 Å². The third-order valence-electron chi connectivity index (χ3n) is 3.03. The van der Waals surface area contributed by atoms with Gasteiger partial charge in [0, 0.05) is 28.1 Å². The van der Waals surface area contributed by atoms with Gasteiger partial charge in [-0.3, -0.25) is 0 Å². The summed E-state index contributed by atoms with van der Waals surface area (Å²) in [5.41, 5.74) is 2.27. The van der Waals surface area contributed by atoms with Crippen LogP contribution in [0.1, 0.15) is 5.56 Å². The van der Waals surface area contributed by atoms with Crippen molar-refractivity contribution in [2.75, 3.05) is 0 Å². The van der Waals surface area contributed by atoms with Gasteiger partial charge in [0.25, 0.3) is 0 Å². The monoisotopic (exact) mass is 303 g/mol. The standard InChI is InChI=1S/C15H11BrFN/c16-14-2-1-3-15-13(14)8-9-18(15)10-11-4-6-12(17)7-5-11/h1-9H,10H2. The summed E-state index contributed by atoms with van der Waals surface area (Å²) in [6, 6.07) is 14.9. The van der Waals surface area contributed by atoms with E-state index < -0.39 is 0 Å². The van der Waals surface area contributed by atoms with E-state index in [9.17, 15) is 4.39 Å². The van der Waals surface area contributed by atoms with Crippen molar-refractivity contribution in [2.24, 2.45) is 0 Å². The molecule has 0 saturated heterocycles. The average Bonchev–Trinajstić information content (AvgIpc) is 2.77. The molecule has 0 saturated carbocycles. The normalized spacial score (nSPS) is 11.0. The number of benzene rings is 2. The van der Waals surface area contributed by atoms with Gasteiger partial charge in [-0.15, -0.1) is 0 Å². The fraction of sp³-hybridized carbons (Fsp3) is 0.0667. The highest BCUT2D eigenvalue weighted by molar-refractivity contribution is 9.10. The number of hydrogen-bond donors (Lipinski definition) is 0. The van der Waals surface area contributed by atoms with Crippen molar-refractivity contribution < 1.29 is 4.39 Å². The Morgan fingerprint density at radius 1 is 1.00 bits per heavy atom. The SMILES string of the molecule is Fc1ccc(Cn2ccc3c(Br)cccc32)cc1. The van der Waals surface area contributed by atoms with Crippen LogP contribution in [-0.2, 0) is 6.54 Å². The van der Waals surface area contributed by atoms with E-state index in [1.54, 1.807) is 0 Å². The lowest BCUT2D eigenvalue weighted by Gasteiger charge is -2.06. The number of halogens is 2. The summed E-state index contributed by atoms with van der Waals surface area (Å²) in [5, 5.41) is 1.19. The largest absolute Gasteiger partial charge is 0.343 e. The van der Waals surface area contributed by atoms with Crippen LogP contribution in [0.5, 0.6) is 0 Å². The maximum absolute atomic E-state index is 12.9. The second kappa shape index (κ2) is 4.58.